The molecule has 2 aromatic carbocycles. The topological polar surface area (TPSA) is 182 Å². The monoisotopic (exact) mass is 603 g/mol. The first kappa shape index (κ1) is 32.3. The van der Waals surface area contributed by atoms with Crippen molar-refractivity contribution < 1.29 is 39.2 Å². The predicted octanol–water partition coefficient (Wildman–Crippen LogP) is 2.22. The summed E-state index contributed by atoms with van der Waals surface area (Å²) in [6.07, 6.45) is 1.38. The Morgan fingerprint density at radius 1 is 0.810 bits per heavy atom. The van der Waals surface area contributed by atoms with Crippen molar-refractivity contribution in [2.45, 2.75) is 12.8 Å². The number of hydrogen-bond acceptors (Lipinski definition) is 9. The van der Waals surface area contributed by atoms with Gasteiger partial charge in [0.25, 0.3) is 0 Å². The number of halogens is 1. The van der Waals surface area contributed by atoms with Crippen LogP contribution in [0.5, 0.6) is 5.75 Å². The van der Waals surface area contributed by atoms with Crippen LogP contribution in [0, 0.1) is 0 Å². The van der Waals surface area contributed by atoms with Gasteiger partial charge in [0.1, 0.15) is 5.75 Å². The summed E-state index contributed by atoms with van der Waals surface area (Å²) in [5.41, 5.74) is 2.45. The molecule has 0 unspecified atom stereocenters. The Labute approximate surface area is 247 Å². The molecule has 0 fully saturated rings. The number of ether oxygens (including phenoxy) is 1. The van der Waals surface area contributed by atoms with Crippen molar-refractivity contribution in [1.29, 1.82) is 0 Å². The highest BCUT2D eigenvalue weighted by atomic mass is 35.5. The van der Waals surface area contributed by atoms with Gasteiger partial charge in [-0.3, -0.25) is 29.0 Å². The van der Waals surface area contributed by atoms with E-state index in [9.17, 15) is 24.3 Å². The van der Waals surface area contributed by atoms with Crippen LogP contribution < -0.4 is 15.4 Å². The van der Waals surface area contributed by atoms with Gasteiger partial charge in [0, 0.05) is 42.0 Å². The van der Waals surface area contributed by atoms with Crippen LogP contribution in [0.25, 0.3) is 21.8 Å². The largest absolute Gasteiger partial charge is 0.497 e. The number of carbonyl (C=O) groups excluding carboxylic acids is 1. The maximum atomic E-state index is 12.5. The zero-order valence-corrected chi connectivity index (χ0v) is 23.9. The summed E-state index contributed by atoms with van der Waals surface area (Å²) < 4.78 is 5.39. The summed E-state index contributed by atoms with van der Waals surface area (Å²) in [6.45, 7) is -0.743. The van der Waals surface area contributed by atoms with Gasteiger partial charge < -0.3 is 30.7 Å². The maximum Gasteiger partial charge on any atom is 0.317 e. The average molecular weight is 604 g/mol. The third kappa shape index (κ3) is 10.0. The van der Waals surface area contributed by atoms with Gasteiger partial charge in [-0.05, 0) is 49.2 Å². The Morgan fingerprint density at radius 3 is 2.05 bits per heavy atom. The third-order valence-electron chi connectivity index (χ3n) is 6.35. The minimum absolute atomic E-state index is 0.00798. The van der Waals surface area contributed by atoms with Crippen LogP contribution >= 0.6 is 11.6 Å². The Bertz CT molecular complexity index is 1420. The van der Waals surface area contributed by atoms with Crippen LogP contribution in [-0.2, 0) is 19.2 Å². The summed E-state index contributed by atoms with van der Waals surface area (Å²) in [6, 6.07) is 11.2. The third-order valence-corrected chi connectivity index (χ3v) is 6.58. The lowest BCUT2D eigenvalue weighted by molar-refractivity contribution is -0.143. The molecule has 0 aliphatic rings. The molecule has 1 heterocycles. The second-order valence-electron chi connectivity index (χ2n) is 9.62. The lowest BCUT2D eigenvalue weighted by Crippen LogP contribution is -2.45. The number of hydrogen-bond donors (Lipinski definition) is 5. The average Bonchev–Trinajstić information content (AvgIpc) is 2.91. The molecule has 42 heavy (non-hydrogen) atoms. The molecule has 0 atom stereocenters. The number of anilines is 1. The molecule has 0 bridgehead atoms. The first-order valence-corrected chi connectivity index (χ1v) is 13.6. The van der Waals surface area contributed by atoms with E-state index in [1.54, 1.807) is 7.11 Å². The van der Waals surface area contributed by atoms with Crippen LogP contribution in [0.4, 0.5) is 5.69 Å². The molecule has 0 aliphatic heterocycles. The Morgan fingerprint density at radius 2 is 1.43 bits per heavy atom. The summed E-state index contributed by atoms with van der Waals surface area (Å²) in [4.78, 5) is 52.9. The van der Waals surface area contributed by atoms with Gasteiger partial charge in [-0.1, -0.05) is 11.6 Å². The smallest absolute Gasteiger partial charge is 0.317 e. The van der Waals surface area contributed by atoms with Gasteiger partial charge in [0.05, 0.1) is 50.0 Å². The van der Waals surface area contributed by atoms with Crippen molar-refractivity contribution in [2.75, 3.05) is 64.8 Å². The first-order valence-electron chi connectivity index (χ1n) is 13.2. The lowest BCUT2D eigenvalue weighted by Gasteiger charge is -2.24. The normalized spacial score (nSPS) is 11.2. The van der Waals surface area contributed by atoms with E-state index < -0.39 is 37.5 Å². The summed E-state index contributed by atoms with van der Waals surface area (Å²) in [5.74, 6) is -3.25. The van der Waals surface area contributed by atoms with Gasteiger partial charge in [-0.2, -0.15) is 0 Å². The molecule has 14 heteroatoms. The molecule has 0 saturated carbocycles. The lowest BCUT2D eigenvalue weighted by atomic mass is 10.1. The predicted molar refractivity (Wildman–Crippen MR) is 157 cm³/mol. The fourth-order valence-electron chi connectivity index (χ4n) is 4.45. The molecule has 0 aliphatic carbocycles. The van der Waals surface area contributed by atoms with Crippen LogP contribution in [0.2, 0.25) is 5.02 Å². The number of carboxylic acids is 3. The number of aromatic nitrogens is 1. The number of carboxylic acid groups (broad SMARTS) is 3. The quantitative estimate of drug-likeness (QED) is 0.106. The molecule has 3 aromatic rings. The maximum absolute atomic E-state index is 12.5. The highest BCUT2D eigenvalue weighted by Gasteiger charge is 2.18. The van der Waals surface area contributed by atoms with Gasteiger partial charge >= 0.3 is 17.9 Å². The van der Waals surface area contributed by atoms with E-state index in [-0.39, 0.29) is 25.5 Å². The number of amides is 1. The van der Waals surface area contributed by atoms with E-state index in [1.807, 2.05) is 36.4 Å². The second-order valence-corrected chi connectivity index (χ2v) is 10.1. The number of carbonyl (C=O) groups is 4. The van der Waals surface area contributed by atoms with Crippen LogP contribution in [0.3, 0.4) is 0 Å². The highest BCUT2D eigenvalue weighted by Crippen LogP contribution is 2.34. The molecular weight excluding hydrogens is 570 g/mol. The number of methoxy groups -OCH3 is 1. The number of benzene rings is 2. The van der Waals surface area contributed by atoms with Crippen LogP contribution in [0.15, 0.2) is 36.4 Å². The molecule has 13 nitrogen and oxygen atoms in total. The van der Waals surface area contributed by atoms with E-state index in [1.165, 1.54) is 4.90 Å². The van der Waals surface area contributed by atoms with E-state index >= 15 is 0 Å². The fourth-order valence-corrected chi connectivity index (χ4v) is 4.62. The van der Waals surface area contributed by atoms with Crippen molar-refractivity contribution in [2.24, 2.45) is 0 Å². The minimum Gasteiger partial charge on any atom is -0.497 e. The molecule has 1 aromatic heterocycles. The second kappa shape index (κ2) is 15.7. The van der Waals surface area contributed by atoms with Gasteiger partial charge in [0.15, 0.2) is 0 Å². The molecule has 0 radical (unpaired) electrons. The van der Waals surface area contributed by atoms with Crippen LogP contribution in [0.1, 0.15) is 12.8 Å². The summed E-state index contributed by atoms with van der Waals surface area (Å²) in [7, 11) is 1.60. The van der Waals surface area contributed by atoms with Crippen molar-refractivity contribution in [1.82, 2.24) is 20.1 Å². The van der Waals surface area contributed by atoms with Crippen molar-refractivity contribution >= 4 is 62.9 Å². The molecule has 226 valence electrons. The van der Waals surface area contributed by atoms with Crippen LogP contribution in [-0.4, -0.2) is 113 Å². The summed E-state index contributed by atoms with van der Waals surface area (Å²) in [5, 5.41) is 35.8. The molecule has 0 saturated heterocycles. The number of rotatable bonds is 18. The Kier molecular flexibility index (Phi) is 12.1. The van der Waals surface area contributed by atoms with Crippen molar-refractivity contribution in [3.8, 4) is 5.75 Å². The van der Waals surface area contributed by atoms with Crippen molar-refractivity contribution in [3.63, 3.8) is 0 Å². The summed E-state index contributed by atoms with van der Waals surface area (Å²) >= 11 is 6.19. The van der Waals surface area contributed by atoms with E-state index in [0.717, 1.165) is 38.8 Å². The first-order chi connectivity index (χ1) is 20.0. The molecule has 1 amide bonds. The number of fused-ring (bicyclic) bond motifs is 2. The zero-order chi connectivity index (χ0) is 30.6. The zero-order valence-electron chi connectivity index (χ0n) is 23.1. The Balaban J connectivity index is 1.52. The number of aliphatic carboxylic acids is 3. The minimum atomic E-state index is -1.21. The standard InChI is InChI=1S/C28H34ClN5O8/c1-42-19-5-7-22-21(13-19)28(20-6-4-18(29)12-23(20)32-22)31-9-3-2-8-30-24(35)14-33(15-25(36)37)10-11-34(16-26(38)39)17-27(40)41/h4-7,12-13H,2-3,8-11,14-17H2,1H3,(H,30,35)(H,31,32)(H,36,37)(H,38,39)(H,40,41). The number of unbranched alkanes of at least 4 members (excludes halogenated alkanes) is 1. The highest BCUT2D eigenvalue weighted by molar-refractivity contribution is 6.31. The number of nitrogens with zero attached hydrogens (tertiary/aromatic N) is 3. The van der Waals surface area contributed by atoms with Crippen molar-refractivity contribution in [3.05, 3.63) is 41.4 Å². The molecule has 0 spiro atoms. The molecule has 3 rings (SSSR count). The Hall–Kier alpha value is -4.20. The fraction of sp³-hybridized carbons (Fsp3) is 0.393. The number of nitrogens with one attached hydrogen (secondary N) is 2. The van der Waals surface area contributed by atoms with E-state index in [0.29, 0.717) is 30.3 Å². The SMILES string of the molecule is COc1ccc2nc3cc(Cl)ccc3c(NCCCCNC(=O)CN(CCN(CC(=O)O)CC(=O)O)CC(=O)O)c2c1. The molecule has 5 N–H and O–H groups in total. The van der Waals surface area contributed by atoms with E-state index in [2.05, 4.69) is 10.6 Å². The number of pyridine rings is 1. The van der Waals surface area contributed by atoms with Gasteiger partial charge in [-0.25, -0.2) is 4.98 Å². The van der Waals surface area contributed by atoms with E-state index in [4.69, 9.17) is 31.5 Å². The van der Waals surface area contributed by atoms with Gasteiger partial charge in [0.2, 0.25) is 5.91 Å². The molecular formula is C28H34ClN5O8. The van der Waals surface area contributed by atoms with Gasteiger partial charge in [-0.15, -0.1) is 0 Å².